The molecule has 1 aliphatic heterocycles. The summed E-state index contributed by atoms with van der Waals surface area (Å²) < 4.78 is 0.697. The fraction of sp³-hybridized carbons (Fsp3) is 0.312. The summed E-state index contributed by atoms with van der Waals surface area (Å²) in [5, 5.41) is 19.7. The lowest BCUT2D eigenvalue weighted by molar-refractivity contribution is 0.0555. The van der Waals surface area contributed by atoms with Crippen LogP contribution in [0.1, 0.15) is 5.56 Å². The van der Waals surface area contributed by atoms with Gasteiger partial charge in [-0.1, -0.05) is 23.7 Å². The lowest BCUT2D eigenvalue weighted by Gasteiger charge is -2.33. The predicted molar refractivity (Wildman–Crippen MR) is 88.0 cm³/mol. The molecule has 1 saturated heterocycles. The van der Waals surface area contributed by atoms with Crippen molar-refractivity contribution >= 4 is 17.7 Å². The van der Waals surface area contributed by atoms with Crippen molar-refractivity contribution in [2.45, 2.75) is 6.54 Å². The molecule has 0 saturated carbocycles. The largest absolute Gasteiger partial charge is 0.492 e. The standard InChI is InChI=1S/C16H18ClN3O4/c17-13-3-1-12(2-4-13)11-18-7-9-19(10-8-18)16(23)24-20-14(21)5-6-15(20)22/h1-6,21-22H,7-11H2. The van der Waals surface area contributed by atoms with Crippen molar-refractivity contribution in [3.63, 3.8) is 0 Å². The van der Waals surface area contributed by atoms with E-state index in [-0.39, 0.29) is 11.8 Å². The first-order valence-electron chi connectivity index (χ1n) is 7.56. The molecule has 8 heteroatoms. The zero-order valence-electron chi connectivity index (χ0n) is 12.9. The van der Waals surface area contributed by atoms with Gasteiger partial charge in [-0.3, -0.25) is 4.90 Å². The van der Waals surface area contributed by atoms with Crippen LogP contribution >= 0.6 is 11.6 Å². The van der Waals surface area contributed by atoms with Crippen LogP contribution in [0.2, 0.25) is 5.02 Å². The third-order valence-electron chi connectivity index (χ3n) is 3.92. The van der Waals surface area contributed by atoms with Crippen LogP contribution in [0.15, 0.2) is 36.4 Å². The summed E-state index contributed by atoms with van der Waals surface area (Å²) in [5.74, 6) is -0.663. The third kappa shape index (κ3) is 3.74. The minimum atomic E-state index is -0.608. The summed E-state index contributed by atoms with van der Waals surface area (Å²) in [6, 6.07) is 10.2. The second-order valence-corrected chi connectivity index (χ2v) is 6.03. The Balaban J connectivity index is 1.51. The first-order chi connectivity index (χ1) is 11.5. The molecule has 1 aromatic carbocycles. The molecule has 0 atom stereocenters. The Morgan fingerprint density at radius 1 is 1.00 bits per heavy atom. The van der Waals surface area contributed by atoms with E-state index in [0.717, 1.165) is 12.1 Å². The molecular weight excluding hydrogens is 334 g/mol. The number of aromatic hydroxyl groups is 2. The Kier molecular flexibility index (Phi) is 4.82. The Morgan fingerprint density at radius 3 is 2.17 bits per heavy atom. The zero-order chi connectivity index (χ0) is 17.1. The van der Waals surface area contributed by atoms with Crippen LogP contribution in [0.3, 0.4) is 0 Å². The van der Waals surface area contributed by atoms with Crippen LogP contribution < -0.4 is 4.84 Å². The van der Waals surface area contributed by atoms with Crippen LogP contribution in [-0.4, -0.2) is 57.0 Å². The molecule has 0 bridgehead atoms. The number of hydrogen-bond donors (Lipinski definition) is 2. The molecule has 128 valence electrons. The third-order valence-corrected chi connectivity index (χ3v) is 4.17. The predicted octanol–water partition coefficient (Wildman–Crippen LogP) is 1.92. The van der Waals surface area contributed by atoms with Crippen molar-refractivity contribution in [3.8, 4) is 11.8 Å². The summed E-state index contributed by atoms with van der Waals surface area (Å²) in [4.78, 5) is 20.9. The first-order valence-corrected chi connectivity index (χ1v) is 7.94. The average molecular weight is 352 g/mol. The van der Waals surface area contributed by atoms with Gasteiger partial charge in [-0.2, -0.15) is 0 Å². The molecule has 0 spiro atoms. The highest BCUT2D eigenvalue weighted by molar-refractivity contribution is 6.30. The van der Waals surface area contributed by atoms with Gasteiger partial charge in [0.1, 0.15) is 0 Å². The smallest absolute Gasteiger partial charge is 0.434 e. The Bertz CT molecular complexity index is 689. The van der Waals surface area contributed by atoms with Gasteiger partial charge in [0, 0.05) is 49.9 Å². The number of hydrogen-bond acceptors (Lipinski definition) is 5. The van der Waals surface area contributed by atoms with Crippen LogP contribution in [0.25, 0.3) is 0 Å². The number of benzene rings is 1. The van der Waals surface area contributed by atoms with Gasteiger partial charge in [0.15, 0.2) is 0 Å². The van der Waals surface area contributed by atoms with E-state index < -0.39 is 6.09 Å². The summed E-state index contributed by atoms with van der Waals surface area (Å²) >= 11 is 5.88. The summed E-state index contributed by atoms with van der Waals surface area (Å²) in [7, 11) is 0. The van der Waals surface area contributed by atoms with Gasteiger partial charge in [-0.05, 0) is 17.7 Å². The van der Waals surface area contributed by atoms with E-state index in [1.807, 2.05) is 24.3 Å². The number of aromatic nitrogens is 1. The fourth-order valence-electron chi connectivity index (χ4n) is 2.57. The molecule has 0 radical (unpaired) electrons. The van der Waals surface area contributed by atoms with E-state index in [1.165, 1.54) is 17.0 Å². The maximum atomic E-state index is 12.1. The number of carbonyl (C=O) groups is 1. The average Bonchev–Trinajstić information content (AvgIpc) is 2.89. The van der Waals surface area contributed by atoms with Crippen molar-refractivity contribution in [2.75, 3.05) is 26.2 Å². The quantitative estimate of drug-likeness (QED) is 0.883. The normalized spacial score (nSPS) is 15.5. The molecule has 1 amide bonds. The molecule has 0 aliphatic carbocycles. The zero-order valence-corrected chi connectivity index (χ0v) is 13.7. The molecule has 2 aromatic rings. The highest BCUT2D eigenvalue weighted by Crippen LogP contribution is 2.19. The van der Waals surface area contributed by atoms with Gasteiger partial charge in [-0.25, -0.2) is 4.79 Å². The Morgan fingerprint density at radius 2 is 1.58 bits per heavy atom. The first kappa shape index (κ1) is 16.5. The SMILES string of the molecule is O=C(On1c(O)ccc1O)N1CCN(Cc2ccc(Cl)cc2)CC1. The molecule has 1 fully saturated rings. The summed E-state index contributed by atoms with van der Waals surface area (Å²) in [6.45, 7) is 3.23. The van der Waals surface area contributed by atoms with E-state index in [9.17, 15) is 15.0 Å². The van der Waals surface area contributed by atoms with Crippen LogP contribution in [0.4, 0.5) is 4.79 Å². The summed E-state index contributed by atoms with van der Waals surface area (Å²) in [6.07, 6.45) is -0.608. The van der Waals surface area contributed by atoms with Gasteiger partial charge in [0.25, 0.3) is 0 Å². The van der Waals surface area contributed by atoms with Crippen molar-refractivity contribution < 1.29 is 19.8 Å². The molecule has 7 nitrogen and oxygen atoms in total. The lowest BCUT2D eigenvalue weighted by Crippen LogP contribution is -2.50. The molecule has 1 aliphatic rings. The van der Waals surface area contributed by atoms with E-state index in [4.69, 9.17) is 16.4 Å². The van der Waals surface area contributed by atoms with Gasteiger partial charge in [-0.15, -0.1) is 4.73 Å². The number of nitrogens with zero attached hydrogens (tertiary/aromatic N) is 3. The highest BCUT2D eigenvalue weighted by atomic mass is 35.5. The van der Waals surface area contributed by atoms with E-state index in [2.05, 4.69) is 4.90 Å². The van der Waals surface area contributed by atoms with Crippen molar-refractivity contribution in [1.82, 2.24) is 14.5 Å². The number of piperazine rings is 1. The Labute approximate surface area is 144 Å². The van der Waals surface area contributed by atoms with E-state index in [1.54, 1.807) is 0 Å². The van der Waals surface area contributed by atoms with Gasteiger partial charge < -0.3 is 20.0 Å². The van der Waals surface area contributed by atoms with Crippen molar-refractivity contribution in [3.05, 3.63) is 47.0 Å². The molecule has 3 rings (SSSR count). The van der Waals surface area contributed by atoms with E-state index >= 15 is 0 Å². The molecule has 2 heterocycles. The number of rotatable bonds is 3. The lowest BCUT2D eigenvalue weighted by atomic mass is 10.2. The van der Waals surface area contributed by atoms with Crippen molar-refractivity contribution in [2.24, 2.45) is 0 Å². The molecule has 0 unspecified atom stereocenters. The summed E-state index contributed by atoms with van der Waals surface area (Å²) in [5.41, 5.74) is 1.16. The Hall–Kier alpha value is -2.38. The van der Waals surface area contributed by atoms with Gasteiger partial charge >= 0.3 is 6.09 Å². The topological polar surface area (TPSA) is 78.2 Å². The monoisotopic (exact) mass is 351 g/mol. The van der Waals surface area contributed by atoms with Gasteiger partial charge in [0.05, 0.1) is 0 Å². The van der Waals surface area contributed by atoms with E-state index in [0.29, 0.717) is 35.9 Å². The molecule has 24 heavy (non-hydrogen) atoms. The maximum Gasteiger partial charge on any atom is 0.434 e. The second-order valence-electron chi connectivity index (χ2n) is 5.59. The second kappa shape index (κ2) is 7.02. The van der Waals surface area contributed by atoms with Crippen LogP contribution in [-0.2, 0) is 6.54 Å². The van der Waals surface area contributed by atoms with Crippen molar-refractivity contribution in [1.29, 1.82) is 0 Å². The number of carbonyl (C=O) groups excluding carboxylic acids is 1. The minimum Gasteiger partial charge on any atom is -0.492 e. The number of halogens is 1. The minimum absolute atomic E-state index is 0.331. The highest BCUT2D eigenvalue weighted by Gasteiger charge is 2.24. The number of amides is 1. The fourth-order valence-corrected chi connectivity index (χ4v) is 2.69. The molecule has 2 N–H and O–H groups in total. The van der Waals surface area contributed by atoms with Crippen LogP contribution in [0, 0.1) is 0 Å². The van der Waals surface area contributed by atoms with Crippen LogP contribution in [0.5, 0.6) is 11.8 Å². The molecular formula is C16H18ClN3O4. The van der Waals surface area contributed by atoms with Gasteiger partial charge in [0.2, 0.25) is 11.8 Å². The molecule has 1 aromatic heterocycles. The maximum absolute atomic E-state index is 12.1.